The van der Waals surface area contributed by atoms with Gasteiger partial charge in [-0.15, -0.1) is 0 Å². The lowest BCUT2D eigenvalue weighted by atomic mass is 10.2. The van der Waals surface area contributed by atoms with Crippen LogP contribution in [0.1, 0.15) is 6.92 Å². The number of nitrogens with one attached hydrogen (secondary N) is 1. The Kier molecular flexibility index (Phi) is 2.32. The second-order valence-electron chi connectivity index (χ2n) is 3.44. The summed E-state index contributed by atoms with van der Waals surface area (Å²) in [5.74, 6) is 0.448. The third-order valence-corrected chi connectivity index (χ3v) is 3.01. The van der Waals surface area contributed by atoms with E-state index in [1.165, 1.54) is 12.1 Å². The van der Waals surface area contributed by atoms with E-state index in [2.05, 4.69) is 5.32 Å². The lowest BCUT2D eigenvalue weighted by molar-refractivity contribution is 0.225. The van der Waals surface area contributed by atoms with Crippen molar-refractivity contribution in [1.82, 2.24) is 0 Å². The highest BCUT2D eigenvalue weighted by molar-refractivity contribution is 7.85. The first kappa shape index (κ1) is 10.3. The van der Waals surface area contributed by atoms with Crippen LogP contribution >= 0.6 is 0 Å². The number of hydrogen-bond acceptors (Lipinski definition) is 4. The van der Waals surface area contributed by atoms with E-state index >= 15 is 0 Å². The average Bonchev–Trinajstić information content (AvgIpc) is 2.15. The molecule has 0 aromatic heterocycles. The molecule has 1 aliphatic rings. The van der Waals surface area contributed by atoms with Crippen molar-refractivity contribution in [2.45, 2.75) is 17.9 Å². The highest BCUT2D eigenvalue weighted by atomic mass is 32.2. The Balaban J connectivity index is 2.46. The van der Waals surface area contributed by atoms with Gasteiger partial charge in [-0.2, -0.15) is 8.42 Å². The van der Waals surface area contributed by atoms with E-state index in [1.807, 2.05) is 6.92 Å². The quantitative estimate of drug-likeness (QED) is 0.706. The second-order valence-corrected chi connectivity index (χ2v) is 4.86. The minimum atomic E-state index is -4.16. The van der Waals surface area contributed by atoms with Gasteiger partial charge in [0.05, 0.1) is 17.1 Å². The van der Waals surface area contributed by atoms with E-state index in [-0.39, 0.29) is 11.0 Å². The molecule has 5 nitrogen and oxygen atoms in total. The fourth-order valence-corrected chi connectivity index (χ4v) is 1.91. The largest absolute Gasteiger partial charge is 0.487 e. The van der Waals surface area contributed by atoms with Crippen molar-refractivity contribution in [2.75, 3.05) is 11.9 Å². The summed E-state index contributed by atoms with van der Waals surface area (Å²) in [5, 5.41) is 3.09. The molecule has 1 heterocycles. The Bertz CT molecular complexity index is 483. The molecular weight excluding hydrogens is 218 g/mol. The van der Waals surface area contributed by atoms with Crippen molar-refractivity contribution in [3.8, 4) is 5.75 Å². The summed E-state index contributed by atoms with van der Waals surface area (Å²) in [6.45, 7) is 2.55. The van der Waals surface area contributed by atoms with E-state index in [0.717, 1.165) is 5.69 Å². The van der Waals surface area contributed by atoms with Crippen LogP contribution in [0.25, 0.3) is 0 Å². The number of hydrogen-bond donors (Lipinski definition) is 2. The normalized spacial score (nSPS) is 20.0. The maximum atomic E-state index is 10.9. The molecule has 0 amide bonds. The smallest absolute Gasteiger partial charge is 0.294 e. The van der Waals surface area contributed by atoms with Gasteiger partial charge in [-0.05, 0) is 19.1 Å². The summed E-state index contributed by atoms with van der Waals surface area (Å²) >= 11 is 0. The van der Waals surface area contributed by atoms with Crippen LogP contribution in [0, 0.1) is 0 Å². The van der Waals surface area contributed by atoms with Crippen LogP contribution < -0.4 is 10.1 Å². The zero-order chi connectivity index (χ0) is 11.1. The molecule has 0 fully saturated rings. The van der Waals surface area contributed by atoms with Crippen molar-refractivity contribution >= 4 is 15.8 Å². The van der Waals surface area contributed by atoms with Crippen LogP contribution in [-0.2, 0) is 10.1 Å². The maximum Gasteiger partial charge on any atom is 0.294 e. The van der Waals surface area contributed by atoms with E-state index in [9.17, 15) is 8.42 Å². The molecule has 1 aliphatic heterocycles. The first-order valence-corrected chi connectivity index (χ1v) is 5.93. The number of benzene rings is 1. The first-order valence-electron chi connectivity index (χ1n) is 4.49. The zero-order valence-corrected chi connectivity index (χ0v) is 8.91. The van der Waals surface area contributed by atoms with Crippen LogP contribution in [0.15, 0.2) is 23.1 Å². The van der Waals surface area contributed by atoms with Gasteiger partial charge >= 0.3 is 0 Å². The lowest BCUT2D eigenvalue weighted by Gasteiger charge is -2.24. The van der Waals surface area contributed by atoms with Gasteiger partial charge in [0, 0.05) is 6.07 Å². The molecule has 1 atom stereocenters. The molecule has 2 rings (SSSR count). The molecular formula is C9H11NO4S. The molecule has 1 unspecified atom stereocenters. The minimum Gasteiger partial charge on any atom is -0.487 e. The van der Waals surface area contributed by atoms with Gasteiger partial charge in [0.2, 0.25) is 0 Å². The summed E-state index contributed by atoms with van der Waals surface area (Å²) in [7, 11) is -4.16. The zero-order valence-electron chi connectivity index (χ0n) is 8.10. The third kappa shape index (κ3) is 2.05. The van der Waals surface area contributed by atoms with Gasteiger partial charge in [-0.25, -0.2) is 0 Å². The topological polar surface area (TPSA) is 75.6 Å². The lowest BCUT2D eigenvalue weighted by Crippen LogP contribution is -2.27. The summed E-state index contributed by atoms with van der Waals surface area (Å²) < 4.78 is 36.0. The Morgan fingerprint density at radius 1 is 1.53 bits per heavy atom. The van der Waals surface area contributed by atoms with Gasteiger partial charge in [0.15, 0.2) is 0 Å². The predicted molar refractivity (Wildman–Crippen MR) is 54.8 cm³/mol. The van der Waals surface area contributed by atoms with Gasteiger partial charge in [-0.3, -0.25) is 4.55 Å². The molecule has 0 saturated heterocycles. The molecule has 82 valence electrons. The van der Waals surface area contributed by atoms with E-state index in [0.29, 0.717) is 12.3 Å². The molecule has 0 spiro atoms. The van der Waals surface area contributed by atoms with Gasteiger partial charge in [0.1, 0.15) is 11.9 Å². The summed E-state index contributed by atoms with van der Waals surface area (Å²) in [5.41, 5.74) is 0.737. The van der Waals surface area contributed by atoms with Crippen LogP contribution in [0.4, 0.5) is 5.69 Å². The minimum absolute atomic E-state index is 0.0193. The highest BCUT2D eigenvalue weighted by Gasteiger charge is 2.18. The first-order chi connectivity index (χ1) is 6.97. The number of fused-ring (bicyclic) bond motifs is 1. The van der Waals surface area contributed by atoms with Crippen molar-refractivity contribution in [2.24, 2.45) is 0 Å². The maximum absolute atomic E-state index is 10.9. The van der Waals surface area contributed by atoms with Crippen LogP contribution in [0.2, 0.25) is 0 Å². The Labute approximate surface area is 87.8 Å². The molecule has 0 bridgehead atoms. The Hall–Kier alpha value is -1.27. The van der Waals surface area contributed by atoms with Crippen LogP contribution in [-0.4, -0.2) is 25.6 Å². The van der Waals surface area contributed by atoms with Gasteiger partial charge in [0.25, 0.3) is 10.1 Å². The molecule has 0 radical (unpaired) electrons. The van der Waals surface area contributed by atoms with Crippen LogP contribution in [0.3, 0.4) is 0 Å². The van der Waals surface area contributed by atoms with Crippen LogP contribution in [0.5, 0.6) is 5.75 Å². The van der Waals surface area contributed by atoms with Crippen molar-refractivity contribution in [3.63, 3.8) is 0 Å². The van der Waals surface area contributed by atoms with Crippen molar-refractivity contribution in [3.05, 3.63) is 18.2 Å². The monoisotopic (exact) mass is 229 g/mol. The standard InChI is InChI=1S/C9H11NO4S/c1-6-5-10-8-3-2-7(15(11,12)13)4-9(8)14-6/h2-4,6,10H,5H2,1H3,(H,11,12,13). The molecule has 2 N–H and O–H groups in total. The van der Waals surface area contributed by atoms with E-state index < -0.39 is 10.1 Å². The molecule has 15 heavy (non-hydrogen) atoms. The highest BCUT2D eigenvalue weighted by Crippen LogP contribution is 2.31. The summed E-state index contributed by atoms with van der Waals surface area (Å²) in [6.07, 6.45) is -0.0193. The van der Waals surface area contributed by atoms with Crippen molar-refractivity contribution in [1.29, 1.82) is 0 Å². The SMILES string of the molecule is CC1CNc2ccc(S(=O)(=O)O)cc2O1. The molecule has 0 aliphatic carbocycles. The number of ether oxygens (including phenoxy) is 1. The molecule has 0 saturated carbocycles. The molecule has 1 aromatic carbocycles. The molecule has 1 aromatic rings. The Morgan fingerprint density at radius 3 is 2.93 bits per heavy atom. The van der Waals surface area contributed by atoms with Gasteiger partial charge in [-0.1, -0.05) is 0 Å². The Morgan fingerprint density at radius 2 is 2.27 bits per heavy atom. The fourth-order valence-electron chi connectivity index (χ4n) is 1.42. The predicted octanol–water partition coefficient (Wildman–Crippen LogP) is 1.13. The van der Waals surface area contributed by atoms with Crippen molar-refractivity contribution < 1.29 is 17.7 Å². The molecule has 6 heteroatoms. The summed E-state index contributed by atoms with van der Waals surface area (Å²) in [6, 6.07) is 4.22. The van der Waals surface area contributed by atoms with Gasteiger partial charge < -0.3 is 10.1 Å². The van der Waals surface area contributed by atoms with E-state index in [4.69, 9.17) is 9.29 Å². The second kappa shape index (κ2) is 3.39. The summed E-state index contributed by atoms with van der Waals surface area (Å²) in [4.78, 5) is -0.155. The number of anilines is 1. The number of rotatable bonds is 1. The fraction of sp³-hybridized carbons (Fsp3) is 0.333. The average molecular weight is 229 g/mol. The third-order valence-electron chi connectivity index (χ3n) is 2.16. The van der Waals surface area contributed by atoms with E-state index in [1.54, 1.807) is 6.07 Å².